The average Bonchev–Trinajstić information content (AvgIpc) is 2.40. The molecule has 0 amide bonds. The third-order valence-electron chi connectivity index (χ3n) is 2.05. The van der Waals surface area contributed by atoms with Crippen LogP contribution in [0, 0.1) is 12.3 Å². The molecule has 0 atom stereocenters. The maximum absolute atomic E-state index is 5.51. The van der Waals surface area contributed by atoms with Crippen LogP contribution in [0.3, 0.4) is 0 Å². The third-order valence-corrected chi connectivity index (χ3v) is 2.83. The number of benzene rings is 1. The summed E-state index contributed by atoms with van der Waals surface area (Å²) >= 11 is 8.08. The van der Waals surface area contributed by atoms with Crippen LogP contribution in [0.5, 0.6) is 11.5 Å². The van der Waals surface area contributed by atoms with Crippen LogP contribution in [-0.2, 0) is 0 Å². The van der Waals surface area contributed by atoms with E-state index in [4.69, 9.17) is 21.6 Å². The summed E-state index contributed by atoms with van der Waals surface area (Å²) in [5, 5.41) is 3.99. The number of rotatable bonds is 6. The third kappa shape index (κ3) is 5.07. The first-order chi connectivity index (χ1) is 9.58. The molecule has 0 radical (unpaired) electrons. The molecule has 0 fully saturated rings. The zero-order valence-electron chi connectivity index (χ0n) is 10.9. The van der Waals surface area contributed by atoms with E-state index in [2.05, 4.69) is 44.6 Å². The highest BCUT2D eigenvalue weighted by Gasteiger charge is 2.09. The van der Waals surface area contributed by atoms with E-state index in [1.54, 1.807) is 18.3 Å². The molecule has 0 heterocycles. The number of hydrogen-bond donors (Lipinski definition) is 2. The van der Waals surface area contributed by atoms with E-state index in [-0.39, 0.29) is 11.7 Å². The molecule has 0 aliphatic heterocycles. The number of nitrogens with zero attached hydrogens (tertiary/aromatic N) is 1. The van der Waals surface area contributed by atoms with Crippen molar-refractivity contribution in [3.8, 4) is 23.8 Å². The topological polar surface area (TPSA) is 68.9 Å². The number of ether oxygens (including phenoxy) is 2. The lowest BCUT2D eigenvalue weighted by Gasteiger charge is -2.12. The van der Waals surface area contributed by atoms with Crippen molar-refractivity contribution in [2.24, 2.45) is 10.8 Å². The first kappa shape index (κ1) is 16.3. The molecular formula is C13H14BrN3O2S. The van der Waals surface area contributed by atoms with Gasteiger partial charge in [0.1, 0.15) is 6.61 Å². The van der Waals surface area contributed by atoms with Gasteiger partial charge in [0.2, 0.25) is 0 Å². The molecule has 3 N–H and O–H groups in total. The van der Waals surface area contributed by atoms with Crippen molar-refractivity contribution in [3.05, 3.63) is 22.2 Å². The molecule has 5 nitrogen and oxygen atoms in total. The predicted molar refractivity (Wildman–Crippen MR) is 87.2 cm³/mol. The van der Waals surface area contributed by atoms with Crippen molar-refractivity contribution >= 4 is 39.5 Å². The van der Waals surface area contributed by atoms with Gasteiger partial charge in [-0.2, -0.15) is 5.10 Å². The van der Waals surface area contributed by atoms with Gasteiger partial charge in [-0.1, -0.05) is 5.92 Å². The van der Waals surface area contributed by atoms with E-state index < -0.39 is 0 Å². The molecule has 0 bridgehead atoms. The fraction of sp³-hybridized carbons (Fsp3) is 0.231. The van der Waals surface area contributed by atoms with Gasteiger partial charge in [0.25, 0.3) is 0 Å². The van der Waals surface area contributed by atoms with E-state index in [0.717, 1.165) is 10.0 Å². The van der Waals surface area contributed by atoms with Crippen LogP contribution in [0.25, 0.3) is 0 Å². The second-order valence-corrected chi connectivity index (χ2v) is 4.77. The second kappa shape index (κ2) is 8.40. The summed E-state index contributed by atoms with van der Waals surface area (Å²) in [6.07, 6.45) is 6.75. The summed E-state index contributed by atoms with van der Waals surface area (Å²) in [7, 11) is 0. The number of terminal acetylenes is 1. The zero-order chi connectivity index (χ0) is 15.0. The molecule has 1 aromatic carbocycles. The summed E-state index contributed by atoms with van der Waals surface area (Å²) < 4.78 is 11.7. The van der Waals surface area contributed by atoms with Crippen LogP contribution in [0.15, 0.2) is 21.7 Å². The lowest BCUT2D eigenvalue weighted by molar-refractivity contribution is 0.299. The number of nitrogens with one attached hydrogen (secondary N) is 1. The van der Waals surface area contributed by atoms with E-state index >= 15 is 0 Å². The SMILES string of the molecule is C#CCOc1cc(Br)c(C=NNC(N)=S)cc1OCC. The molecule has 0 aliphatic carbocycles. The quantitative estimate of drug-likeness (QED) is 0.353. The molecule has 0 unspecified atom stereocenters. The fourth-order valence-corrected chi connectivity index (χ4v) is 1.79. The fourth-order valence-electron chi connectivity index (χ4n) is 1.32. The standard InChI is InChI=1S/C13H14BrN3O2S/c1-3-5-19-12-7-10(14)9(6-11(12)18-4-2)8-16-17-13(15)20/h1,6-8H,4-5H2,2H3,(H3,15,17,20). The van der Waals surface area contributed by atoms with Gasteiger partial charge in [-0.15, -0.1) is 6.42 Å². The lowest BCUT2D eigenvalue weighted by atomic mass is 10.2. The Morgan fingerprint density at radius 2 is 2.25 bits per heavy atom. The smallest absolute Gasteiger partial charge is 0.184 e. The minimum absolute atomic E-state index is 0.0939. The molecule has 0 saturated carbocycles. The number of nitrogens with two attached hydrogens (primary N) is 1. The molecule has 7 heteroatoms. The van der Waals surface area contributed by atoms with Gasteiger partial charge in [-0.25, -0.2) is 0 Å². The Morgan fingerprint density at radius 3 is 2.85 bits per heavy atom. The highest BCUT2D eigenvalue weighted by Crippen LogP contribution is 2.33. The molecule has 0 aliphatic rings. The highest BCUT2D eigenvalue weighted by molar-refractivity contribution is 9.10. The highest BCUT2D eigenvalue weighted by atomic mass is 79.9. The first-order valence-corrected chi connectivity index (χ1v) is 6.89. The second-order valence-electron chi connectivity index (χ2n) is 3.48. The van der Waals surface area contributed by atoms with Crippen LogP contribution >= 0.6 is 28.1 Å². The van der Waals surface area contributed by atoms with Crippen LogP contribution < -0.4 is 20.6 Å². The van der Waals surface area contributed by atoms with Gasteiger partial charge in [-0.05, 0) is 47.2 Å². The minimum atomic E-state index is 0.0939. The monoisotopic (exact) mass is 355 g/mol. The Bertz CT molecular complexity index is 555. The summed E-state index contributed by atoms with van der Waals surface area (Å²) in [6.45, 7) is 2.56. The molecule has 0 aromatic heterocycles. The van der Waals surface area contributed by atoms with Gasteiger partial charge in [0.15, 0.2) is 16.6 Å². The molecule has 1 rings (SSSR count). The number of thiocarbonyl (C=S) groups is 1. The van der Waals surface area contributed by atoms with Gasteiger partial charge < -0.3 is 15.2 Å². The molecule has 1 aromatic rings. The summed E-state index contributed by atoms with van der Waals surface area (Å²) in [5.41, 5.74) is 8.55. The van der Waals surface area contributed by atoms with Crippen molar-refractivity contribution in [1.82, 2.24) is 5.43 Å². The van der Waals surface area contributed by atoms with Gasteiger partial charge in [-0.3, -0.25) is 5.43 Å². The Kier molecular flexibility index (Phi) is 6.84. The Hall–Kier alpha value is -1.78. The van der Waals surface area contributed by atoms with E-state index in [9.17, 15) is 0 Å². The average molecular weight is 356 g/mol. The van der Waals surface area contributed by atoms with E-state index in [1.165, 1.54) is 0 Å². The van der Waals surface area contributed by atoms with Crippen LogP contribution in [-0.4, -0.2) is 24.5 Å². The van der Waals surface area contributed by atoms with Crippen LogP contribution in [0.4, 0.5) is 0 Å². The number of halogens is 1. The van der Waals surface area contributed by atoms with Gasteiger partial charge in [0.05, 0.1) is 12.8 Å². The van der Waals surface area contributed by atoms with Crippen LogP contribution in [0.2, 0.25) is 0 Å². The summed E-state index contributed by atoms with van der Waals surface area (Å²) in [6, 6.07) is 3.55. The Morgan fingerprint density at radius 1 is 1.55 bits per heavy atom. The minimum Gasteiger partial charge on any atom is -0.490 e. The van der Waals surface area contributed by atoms with E-state index in [1.807, 2.05) is 6.92 Å². The number of hydrogen-bond acceptors (Lipinski definition) is 4. The number of hydrazone groups is 1. The first-order valence-electron chi connectivity index (χ1n) is 5.69. The van der Waals surface area contributed by atoms with Gasteiger partial charge in [0, 0.05) is 10.0 Å². The Labute approximate surface area is 131 Å². The van der Waals surface area contributed by atoms with Crippen molar-refractivity contribution in [2.75, 3.05) is 13.2 Å². The normalized spacial score (nSPS) is 10.1. The zero-order valence-corrected chi connectivity index (χ0v) is 13.3. The molecule has 106 valence electrons. The molecule has 0 saturated heterocycles. The van der Waals surface area contributed by atoms with Crippen molar-refractivity contribution < 1.29 is 9.47 Å². The largest absolute Gasteiger partial charge is 0.490 e. The molecule has 0 spiro atoms. The predicted octanol–water partition coefficient (Wildman–Crippen LogP) is 2.03. The maximum atomic E-state index is 5.51. The molecule has 20 heavy (non-hydrogen) atoms. The van der Waals surface area contributed by atoms with Gasteiger partial charge >= 0.3 is 0 Å². The Balaban J connectivity index is 3.02. The lowest BCUT2D eigenvalue weighted by Crippen LogP contribution is -2.24. The summed E-state index contributed by atoms with van der Waals surface area (Å²) in [4.78, 5) is 0. The van der Waals surface area contributed by atoms with E-state index in [0.29, 0.717) is 18.1 Å². The van der Waals surface area contributed by atoms with Crippen LogP contribution in [0.1, 0.15) is 12.5 Å². The van der Waals surface area contributed by atoms with Crippen molar-refractivity contribution in [3.63, 3.8) is 0 Å². The van der Waals surface area contributed by atoms with Crippen molar-refractivity contribution in [1.29, 1.82) is 0 Å². The summed E-state index contributed by atoms with van der Waals surface area (Å²) in [5.74, 6) is 3.56. The van der Waals surface area contributed by atoms with Crippen molar-refractivity contribution in [2.45, 2.75) is 6.92 Å². The molecular weight excluding hydrogens is 342 g/mol. The maximum Gasteiger partial charge on any atom is 0.184 e.